The summed E-state index contributed by atoms with van der Waals surface area (Å²) in [6.07, 6.45) is 4.52. The summed E-state index contributed by atoms with van der Waals surface area (Å²) in [5, 5.41) is 2.73. The molecule has 0 radical (unpaired) electrons. The van der Waals surface area contributed by atoms with Crippen molar-refractivity contribution in [3.8, 4) is 0 Å². The minimum Gasteiger partial charge on any atom is -0.397 e. The highest BCUT2D eigenvalue weighted by molar-refractivity contribution is 5.90. The molecule has 0 spiro atoms. The lowest BCUT2D eigenvalue weighted by atomic mass is 10.3. The highest BCUT2D eigenvalue weighted by Crippen LogP contribution is 2.32. The van der Waals surface area contributed by atoms with Gasteiger partial charge in [-0.05, 0) is 30.9 Å². The van der Waals surface area contributed by atoms with Crippen LogP contribution in [0.15, 0.2) is 18.3 Å². The molecule has 0 unspecified atom stereocenters. The summed E-state index contributed by atoms with van der Waals surface area (Å²) in [4.78, 5) is 15.4. The van der Waals surface area contributed by atoms with E-state index in [4.69, 9.17) is 5.73 Å². The first-order valence-corrected chi connectivity index (χ1v) is 4.75. The smallest absolute Gasteiger partial charge is 0.225 e. The largest absolute Gasteiger partial charge is 0.397 e. The van der Waals surface area contributed by atoms with Crippen LogP contribution in [0.5, 0.6) is 0 Å². The Kier molecular flexibility index (Phi) is 2.35. The Labute approximate surface area is 82.5 Å². The van der Waals surface area contributed by atoms with Gasteiger partial charge in [0.15, 0.2) is 0 Å². The molecule has 14 heavy (non-hydrogen) atoms. The van der Waals surface area contributed by atoms with E-state index in [1.54, 1.807) is 12.1 Å². The van der Waals surface area contributed by atoms with Gasteiger partial charge in [-0.25, -0.2) is 4.98 Å². The fraction of sp³-hybridized carbons (Fsp3) is 0.400. The summed E-state index contributed by atoms with van der Waals surface area (Å²) in [6, 6.07) is 3.43. The lowest BCUT2D eigenvalue weighted by molar-refractivity contribution is -0.116. The molecule has 1 aromatic heterocycles. The van der Waals surface area contributed by atoms with Crippen molar-refractivity contribution < 1.29 is 4.79 Å². The van der Waals surface area contributed by atoms with Crippen molar-refractivity contribution in [2.75, 3.05) is 11.1 Å². The quantitative estimate of drug-likeness (QED) is 0.758. The number of aromatic nitrogens is 1. The number of hydrogen-bond donors (Lipinski definition) is 2. The van der Waals surface area contributed by atoms with Gasteiger partial charge in [0.2, 0.25) is 5.91 Å². The zero-order valence-corrected chi connectivity index (χ0v) is 7.86. The van der Waals surface area contributed by atoms with Crippen LogP contribution in [0.1, 0.15) is 19.3 Å². The van der Waals surface area contributed by atoms with E-state index < -0.39 is 0 Å². The van der Waals surface area contributed by atoms with Gasteiger partial charge in [-0.2, -0.15) is 0 Å². The number of amides is 1. The van der Waals surface area contributed by atoms with Gasteiger partial charge in [0, 0.05) is 6.42 Å². The van der Waals surface area contributed by atoms with Crippen molar-refractivity contribution in [2.45, 2.75) is 19.3 Å². The lowest BCUT2D eigenvalue weighted by Crippen LogP contribution is -2.12. The summed E-state index contributed by atoms with van der Waals surface area (Å²) in [6.45, 7) is 0. The number of nitrogen functional groups attached to an aromatic ring is 1. The summed E-state index contributed by atoms with van der Waals surface area (Å²) >= 11 is 0. The van der Waals surface area contributed by atoms with Crippen LogP contribution in [0.25, 0.3) is 0 Å². The van der Waals surface area contributed by atoms with Crippen molar-refractivity contribution in [2.24, 2.45) is 5.92 Å². The third-order valence-corrected chi connectivity index (χ3v) is 2.22. The van der Waals surface area contributed by atoms with E-state index in [1.807, 2.05) is 0 Å². The van der Waals surface area contributed by atoms with Crippen molar-refractivity contribution in [3.63, 3.8) is 0 Å². The number of nitrogens with one attached hydrogen (secondary N) is 1. The van der Waals surface area contributed by atoms with E-state index in [1.165, 1.54) is 19.0 Å². The van der Waals surface area contributed by atoms with Gasteiger partial charge in [0.25, 0.3) is 0 Å². The number of pyridine rings is 1. The van der Waals surface area contributed by atoms with E-state index in [-0.39, 0.29) is 5.91 Å². The predicted octanol–water partition coefficient (Wildman–Crippen LogP) is 1.40. The van der Waals surface area contributed by atoms with Gasteiger partial charge in [0.05, 0.1) is 11.9 Å². The van der Waals surface area contributed by atoms with Crippen LogP contribution in [0.3, 0.4) is 0 Å². The number of hydrogen-bond acceptors (Lipinski definition) is 3. The van der Waals surface area contributed by atoms with Crippen LogP contribution < -0.4 is 11.1 Å². The molecule has 1 heterocycles. The Morgan fingerprint density at radius 3 is 2.93 bits per heavy atom. The molecule has 1 aromatic rings. The molecular formula is C10H13N3O. The van der Waals surface area contributed by atoms with Gasteiger partial charge >= 0.3 is 0 Å². The highest BCUT2D eigenvalue weighted by Gasteiger charge is 2.24. The maximum Gasteiger partial charge on any atom is 0.225 e. The number of carbonyl (C=O) groups is 1. The molecule has 4 heteroatoms. The van der Waals surface area contributed by atoms with Gasteiger partial charge in [-0.1, -0.05) is 0 Å². The Hall–Kier alpha value is -1.58. The van der Waals surface area contributed by atoms with E-state index in [0.717, 1.165) is 0 Å². The molecule has 1 aliphatic rings. The van der Waals surface area contributed by atoms with Gasteiger partial charge in [-0.3, -0.25) is 4.79 Å². The molecule has 0 atom stereocenters. The highest BCUT2D eigenvalue weighted by atomic mass is 16.1. The summed E-state index contributed by atoms with van der Waals surface area (Å²) in [5.41, 5.74) is 6.08. The van der Waals surface area contributed by atoms with Crippen LogP contribution in [0, 0.1) is 5.92 Å². The van der Waals surface area contributed by atoms with Crippen LogP contribution in [-0.4, -0.2) is 10.9 Å². The molecule has 0 aliphatic heterocycles. The third-order valence-electron chi connectivity index (χ3n) is 2.22. The molecular weight excluding hydrogens is 178 g/mol. The number of anilines is 2. The van der Waals surface area contributed by atoms with Crippen LogP contribution in [0.4, 0.5) is 11.5 Å². The van der Waals surface area contributed by atoms with Crippen LogP contribution in [0.2, 0.25) is 0 Å². The topological polar surface area (TPSA) is 68.0 Å². The van der Waals surface area contributed by atoms with E-state index in [0.29, 0.717) is 23.8 Å². The summed E-state index contributed by atoms with van der Waals surface area (Å²) in [5.74, 6) is 1.22. The molecule has 3 N–H and O–H groups in total. The minimum atomic E-state index is 0.0461. The zero-order chi connectivity index (χ0) is 9.97. The standard InChI is InChI=1S/C10H13N3O/c11-8-3-4-9(12-6-8)13-10(14)5-7-1-2-7/h3-4,6-7H,1-2,5,11H2,(H,12,13,14). The van der Waals surface area contributed by atoms with Crippen molar-refractivity contribution in [1.29, 1.82) is 0 Å². The van der Waals surface area contributed by atoms with Gasteiger partial charge in [-0.15, -0.1) is 0 Å². The molecule has 1 aliphatic carbocycles. The monoisotopic (exact) mass is 191 g/mol. The maximum absolute atomic E-state index is 11.4. The van der Waals surface area contributed by atoms with Crippen molar-refractivity contribution in [3.05, 3.63) is 18.3 Å². The summed E-state index contributed by atoms with van der Waals surface area (Å²) < 4.78 is 0. The third kappa shape index (κ3) is 2.45. The molecule has 1 fully saturated rings. The zero-order valence-electron chi connectivity index (χ0n) is 7.86. The molecule has 1 amide bonds. The maximum atomic E-state index is 11.4. The average molecular weight is 191 g/mol. The molecule has 0 saturated heterocycles. The first-order valence-electron chi connectivity index (χ1n) is 4.75. The van der Waals surface area contributed by atoms with E-state index >= 15 is 0 Å². The fourth-order valence-corrected chi connectivity index (χ4v) is 1.26. The van der Waals surface area contributed by atoms with E-state index in [9.17, 15) is 4.79 Å². The van der Waals surface area contributed by atoms with Crippen LogP contribution >= 0.6 is 0 Å². The average Bonchev–Trinajstić information content (AvgIpc) is 2.93. The Morgan fingerprint density at radius 1 is 1.57 bits per heavy atom. The second kappa shape index (κ2) is 3.65. The molecule has 74 valence electrons. The first kappa shape index (κ1) is 8.99. The normalized spacial score (nSPS) is 15.1. The molecule has 4 nitrogen and oxygen atoms in total. The fourth-order valence-electron chi connectivity index (χ4n) is 1.26. The Bertz CT molecular complexity index is 330. The predicted molar refractivity (Wildman–Crippen MR) is 54.6 cm³/mol. The van der Waals surface area contributed by atoms with Gasteiger partial charge < -0.3 is 11.1 Å². The van der Waals surface area contributed by atoms with Crippen LogP contribution in [-0.2, 0) is 4.79 Å². The second-order valence-corrected chi connectivity index (χ2v) is 3.67. The molecule has 0 aromatic carbocycles. The molecule has 2 rings (SSSR count). The van der Waals surface area contributed by atoms with Gasteiger partial charge in [0.1, 0.15) is 5.82 Å². The minimum absolute atomic E-state index is 0.0461. The van der Waals surface area contributed by atoms with Crippen molar-refractivity contribution >= 4 is 17.4 Å². The Balaban J connectivity index is 1.89. The molecule has 0 bridgehead atoms. The number of nitrogens with two attached hydrogens (primary N) is 1. The lowest BCUT2D eigenvalue weighted by Gasteiger charge is -2.03. The molecule has 1 saturated carbocycles. The first-order chi connectivity index (χ1) is 6.74. The summed E-state index contributed by atoms with van der Waals surface area (Å²) in [7, 11) is 0. The number of carbonyl (C=O) groups excluding carboxylic acids is 1. The Morgan fingerprint density at radius 2 is 2.36 bits per heavy atom. The number of rotatable bonds is 3. The SMILES string of the molecule is Nc1ccc(NC(=O)CC2CC2)nc1. The number of nitrogens with zero attached hydrogens (tertiary/aromatic N) is 1. The second-order valence-electron chi connectivity index (χ2n) is 3.67. The van der Waals surface area contributed by atoms with E-state index in [2.05, 4.69) is 10.3 Å². The van der Waals surface area contributed by atoms with Crippen molar-refractivity contribution in [1.82, 2.24) is 4.98 Å².